The van der Waals surface area contributed by atoms with Crippen molar-refractivity contribution >= 4 is 5.82 Å². The molecule has 2 rings (SSSR count). The fraction of sp³-hybridized carbons (Fsp3) is 0.667. The lowest BCUT2D eigenvalue weighted by molar-refractivity contribution is -0.151. The predicted molar refractivity (Wildman–Crippen MR) is 62.5 cm³/mol. The molecule has 0 radical (unpaired) electrons. The third-order valence-corrected chi connectivity index (χ3v) is 3.05. The Hall–Kier alpha value is -1.33. The topological polar surface area (TPSA) is 37.8 Å². The number of hydrogen-bond donors (Lipinski definition) is 1. The minimum Gasteiger partial charge on any atom is -0.356 e. The van der Waals surface area contributed by atoms with Gasteiger partial charge in [0.15, 0.2) is 0 Å². The minimum absolute atomic E-state index is 0.0893. The molecule has 1 saturated carbocycles. The maximum absolute atomic E-state index is 12.8. The Morgan fingerprint density at radius 1 is 1.28 bits per heavy atom. The van der Waals surface area contributed by atoms with E-state index in [0.717, 1.165) is 0 Å². The molecule has 0 aromatic carbocycles. The molecule has 1 aromatic heterocycles. The number of nitrogens with zero attached hydrogens (tertiary/aromatic N) is 2. The standard InChI is InChI=1S/C12H16F3N3/c1-7(2)10-16-8(3)6-9(17-10)18-11(4-5-11)12(13,14)15/h6-7H,4-5H2,1-3H3,(H,16,17,18). The van der Waals surface area contributed by atoms with Gasteiger partial charge in [-0.3, -0.25) is 0 Å². The van der Waals surface area contributed by atoms with Crippen molar-refractivity contribution in [3.63, 3.8) is 0 Å². The van der Waals surface area contributed by atoms with Gasteiger partial charge in [-0.25, -0.2) is 9.97 Å². The monoisotopic (exact) mass is 259 g/mol. The lowest BCUT2D eigenvalue weighted by Gasteiger charge is -2.22. The van der Waals surface area contributed by atoms with Gasteiger partial charge in [-0.05, 0) is 19.8 Å². The van der Waals surface area contributed by atoms with Gasteiger partial charge in [0, 0.05) is 17.7 Å². The molecule has 0 saturated heterocycles. The molecule has 18 heavy (non-hydrogen) atoms. The minimum atomic E-state index is -4.23. The van der Waals surface area contributed by atoms with Crippen molar-refractivity contribution in [1.29, 1.82) is 0 Å². The second kappa shape index (κ2) is 4.10. The number of aromatic nitrogens is 2. The van der Waals surface area contributed by atoms with Gasteiger partial charge in [0.05, 0.1) is 0 Å². The Kier molecular flexibility index (Phi) is 2.99. The fourth-order valence-corrected chi connectivity index (χ4v) is 1.76. The molecule has 1 aromatic rings. The van der Waals surface area contributed by atoms with Crippen molar-refractivity contribution in [2.75, 3.05) is 5.32 Å². The number of alkyl halides is 3. The lowest BCUT2D eigenvalue weighted by atomic mass is 10.2. The van der Waals surface area contributed by atoms with E-state index in [9.17, 15) is 13.2 Å². The molecule has 0 unspecified atom stereocenters. The average Bonchev–Trinajstić information content (AvgIpc) is 2.96. The van der Waals surface area contributed by atoms with Gasteiger partial charge < -0.3 is 5.32 Å². The largest absolute Gasteiger partial charge is 0.411 e. The number of hydrogen-bond acceptors (Lipinski definition) is 3. The summed E-state index contributed by atoms with van der Waals surface area (Å²) in [7, 11) is 0. The normalized spacial score (nSPS) is 17.9. The van der Waals surface area contributed by atoms with Crippen LogP contribution in [0.3, 0.4) is 0 Å². The van der Waals surface area contributed by atoms with E-state index in [-0.39, 0.29) is 24.6 Å². The highest BCUT2D eigenvalue weighted by molar-refractivity contribution is 5.43. The van der Waals surface area contributed by atoms with Crippen LogP contribution in [-0.2, 0) is 0 Å². The van der Waals surface area contributed by atoms with Crippen LogP contribution < -0.4 is 5.32 Å². The van der Waals surface area contributed by atoms with E-state index < -0.39 is 11.7 Å². The first-order valence-electron chi connectivity index (χ1n) is 5.94. The molecule has 0 aliphatic heterocycles. The van der Waals surface area contributed by atoms with Gasteiger partial charge in [-0.2, -0.15) is 13.2 Å². The van der Waals surface area contributed by atoms with E-state index in [1.807, 2.05) is 13.8 Å². The summed E-state index contributed by atoms with van der Waals surface area (Å²) in [5, 5.41) is 2.53. The molecule has 6 heteroatoms. The van der Waals surface area contributed by atoms with Gasteiger partial charge in [0.1, 0.15) is 17.2 Å². The van der Waals surface area contributed by atoms with Crippen molar-refractivity contribution in [3.05, 3.63) is 17.6 Å². The zero-order valence-corrected chi connectivity index (χ0v) is 10.6. The molecule has 0 amide bonds. The Bertz CT molecular complexity index is 450. The van der Waals surface area contributed by atoms with Crippen LogP contribution in [0, 0.1) is 6.92 Å². The first-order chi connectivity index (χ1) is 8.23. The van der Waals surface area contributed by atoms with Crippen LogP contribution in [0.15, 0.2) is 6.07 Å². The molecule has 1 aliphatic carbocycles. The summed E-state index contributed by atoms with van der Waals surface area (Å²) in [6, 6.07) is 1.55. The number of rotatable bonds is 3. The van der Waals surface area contributed by atoms with Gasteiger partial charge in [0.2, 0.25) is 0 Å². The first-order valence-corrected chi connectivity index (χ1v) is 5.94. The van der Waals surface area contributed by atoms with E-state index in [0.29, 0.717) is 11.5 Å². The van der Waals surface area contributed by atoms with Crippen LogP contribution in [-0.4, -0.2) is 21.7 Å². The summed E-state index contributed by atoms with van der Waals surface area (Å²) < 4.78 is 38.5. The third-order valence-electron chi connectivity index (χ3n) is 3.05. The van der Waals surface area contributed by atoms with Crippen molar-refractivity contribution in [2.24, 2.45) is 0 Å². The van der Waals surface area contributed by atoms with Crippen LogP contribution in [0.5, 0.6) is 0 Å². The second-order valence-corrected chi connectivity index (χ2v) is 5.11. The van der Waals surface area contributed by atoms with Gasteiger partial charge in [-0.1, -0.05) is 13.8 Å². The van der Waals surface area contributed by atoms with E-state index >= 15 is 0 Å². The van der Waals surface area contributed by atoms with Gasteiger partial charge in [-0.15, -0.1) is 0 Å². The Morgan fingerprint density at radius 3 is 2.33 bits per heavy atom. The maximum atomic E-state index is 12.8. The van der Waals surface area contributed by atoms with Gasteiger partial charge in [0.25, 0.3) is 0 Å². The van der Waals surface area contributed by atoms with Crippen LogP contribution >= 0.6 is 0 Å². The lowest BCUT2D eigenvalue weighted by Crippen LogP contribution is -2.39. The Morgan fingerprint density at radius 2 is 1.89 bits per heavy atom. The molecule has 1 fully saturated rings. The zero-order valence-electron chi connectivity index (χ0n) is 10.6. The smallest absolute Gasteiger partial charge is 0.356 e. The summed E-state index contributed by atoms with van der Waals surface area (Å²) in [6.07, 6.45) is -4.02. The summed E-state index contributed by atoms with van der Waals surface area (Å²) in [6.45, 7) is 5.58. The average molecular weight is 259 g/mol. The number of aryl methyl sites for hydroxylation is 1. The Labute approximate surface area is 104 Å². The zero-order chi connectivity index (χ0) is 13.6. The third kappa shape index (κ3) is 2.42. The molecule has 1 N–H and O–H groups in total. The second-order valence-electron chi connectivity index (χ2n) is 5.11. The fourth-order valence-electron chi connectivity index (χ4n) is 1.76. The predicted octanol–water partition coefficient (Wildman–Crippen LogP) is 3.42. The molecule has 3 nitrogen and oxygen atoms in total. The molecule has 0 atom stereocenters. The number of nitrogens with one attached hydrogen (secondary N) is 1. The summed E-state index contributed by atoms with van der Waals surface area (Å²) in [5.74, 6) is 0.919. The highest BCUT2D eigenvalue weighted by Gasteiger charge is 2.63. The summed E-state index contributed by atoms with van der Waals surface area (Å²) >= 11 is 0. The maximum Gasteiger partial charge on any atom is 0.411 e. The molecule has 0 spiro atoms. The molecule has 100 valence electrons. The number of anilines is 1. The van der Waals surface area contributed by atoms with Gasteiger partial charge >= 0.3 is 6.18 Å². The van der Waals surface area contributed by atoms with E-state index in [2.05, 4.69) is 15.3 Å². The van der Waals surface area contributed by atoms with E-state index in [1.165, 1.54) is 0 Å². The molecular weight excluding hydrogens is 243 g/mol. The van der Waals surface area contributed by atoms with Crippen LogP contribution in [0.1, 0.15) is 44.1 Å². The van der Waals surface area contributed by atoms with Crippen molar-refractivity contribution in [1.82, 2.24) is 9.97 Å². The highest BCUT2D eigenvalue weighted by atomic mass is 19.4. The summed E-state index contributed by atoms with van der Waals surface area (Å²) in [5.41, 5.74) is -1.10. The summed E-state index contributed by atoms with van der Waals surface area (Å²) in [4.78, 5) is 8.36. The van der Waals surface area contributed by atoms with Crippen LogP contribution in [0.25, 0.3) is 0 Å². The van der Waals surface area contributed by atoms with Crippen LogP contribution in [0.2, 0.25) is 0 Å². The SMILES string of the molecule is Cc1cc(NC2(C(F)(F)F)CC2)nc(C(C)C)n1. The van der Waals surface area contributed by atoms with E-state index in [4.69, 9.17) is 0 Å². The Balaban J connectivity index is 2.25. The van der Waals surface area contributed by atoms with Crippen molar-refractivity contribution in [2.45, 2.75) is 51.2 Å². The van der Waals surface area contributed by atoms with E-state index in [1.54, 1.807) is 13.0 Å². The quantitative estimate of drug-likeness (QED) is 0.903. The molecule has 1 heterocycles. The molecule has 1 aliphatic rings. The van der Waals surface area contributed by atoms with Crippen LogP contribution in [0.4, 0.5) is 19.0 Å². The first kappa shape index (κ1) is 13.1. The van der Waals surface area contributed by atoms with Crippen molar-refractivity contribution < 1.29 is 13.2 Å². The molecule has 0 bridgehead atoms. The number of halogens is 3. The highest BCUT2D eigenvalue weighted by Crippen LogP contribution is 2.50. The molecular formula is C12H16F3N3. The van der Waals surface area contributed by atoms with Crippen molar-refractivity contribution in [3.8, 4) is 0 Å².